The molecule has 10 nitrogen and oxygen atoms in total. The molecule has 224 valence electrons. The highest BCUT2D eigenvalue weighted by Crippen LogP contribution is 2.64. The summed E-state index contributed by atoms with van der Waals surface area (Å²) in [7, 11) is 0. The Bertz CT molecular complexity index is 1210. The highest BCUT2D eigenvalue weighted by Gasteiger charge is 2.69. The molecule has 3 aliphatic rings. The Hall–Kier alpha value is -3.42. The molecule has 4 rings (SSSR count). The second kappa shape index (κ2) is 11.5. The van der Waals surface area contributed by atoms with Gasteiger partial charge in [0.05, 0.1) is 12.5 Å². The number of piperidine rings is 1. The minimum Gasteiger partial charge on any atom is -0.356 e. The van der Waals surface area contributed by atoms with Gasteiger partial charge in [-0.2, -0.15) is 13.2 Å². The summed E-state index contributed by atoms with van der Waals surface area (Å²) in [6.45, 7) is 3.69. The third kappa shape index (κ3) is 6.41. The van der Waals surface area contributed by atoms with Gasteiger partial charge in [0.15, 0.2) is 0 Å². The fourth-order valence-corrected chi connectivity index (χ4v) is 5.97. The van der Waals surface area contributed by atoms with Crippen molar-refractivity contribution in [2.75, 3.05) is 19.6 Å². The molecule has 2 unspecified atom stereocenters. The molecule has 2 heterocycles. The standard InChI is InChI=1S/C26H30ClF4N5O5/c1-25(2)15-12-35(22(39)16(33-24(41)26(29,30)31)10-13-6-4-3-5-7-13)18(17(15)25)21(38)34-36(23(40)19(27)28)11-14-8-9-32-20(14)37/h3-7,14-19H,8-12H2,1-2H3,(H,32,37)(H,33,41)(H,34,38)/t14-,15-,16?,17-,18-,19?/m0/s1. The van der Waals surface area contributed by atoms with Gasteiger partial charge in [0.25, 0.3) is 17.4 Å². The normalized spacial score (nSPS) is 25.9. The molecular weight excluding hydrogens is 574 g/mol. The molecule has 3 fully saturated rings. The number of likely N-dealkylation sites (tertiary alicyclic amines) is 1. The van der Waals surface area contributed by atoms with Crippen LogP contribution in [0.3, 0.4) is 0 Å². The van der Waals surface area contributed by atoms with Gasteiger partial charge in [0, 0.05) is 19.5 Å². The van der Waals surface area contributed by atoms with Crippen LogP contribution in [-0.2, 0) is 30.4 Å². The number of nitrogens with one attached hydrogen (secondary N) is 3. The van der Waals surface area contributed by atoms with E-state index in [1.54, 1.807) is 35.6 Å². The lowest BCUT2D eigenvalue weighted by Crippen LogP contribution is -2.60. The molecule has 1 aromatic carbocycles. The molecule has 41 heavy (non-hydrogen) atoms. The van der Waals surface area contributed by atoms with Crippen molar-refractivity contribution in [3.8, 4) is 0 Å². The van der Waals surface area contributed by atoms with Crippen molar-refractivity contribution < 1.29 is 41.5 Å². The summed E-state index contributed by atoms with van der Waals surface area (Å²) in [6, 6.07) is 5.18. The fraction of sp³-hybridized carbons (Fsp3) is 0.577. The van der Waals surface area contributed by atoms with Gasteiger partial charge in [-0.15, -0.1) is 0 Å². The largest absolute Gasteiger partial charge is 0.471 e. The van der Waals surface area contributed by atoms with E-state index in [0.29, 0.717) is 23.5 Å². The summed E-state index contributed by atoms with van der Waals surface area (Å²) in [4.78, 5) is 64.8. The number of fused-ring (bicyclic) bond motifs is 1. The zero-order valence-corrected chi connectivity index (χ0v) is 23.0. The number of carbonyl (C=O) groups is 5. The van der Waals surface area contributed by atoms with E-state index in [9.17, 15) is 41.5 Å². The van der Waals surface area contributed by atoms with Crippen molar-refractivity contribution in [3.05, 3.63) is 35.9 Å². The van der Waals surface area contributed by atoms with Crippen LogP contribution in [0.4, 0.5) is 17.6 Å². The van der Waals surface area contributed by atoms with E-state index >= 15 is 0 Å². The van der Waals surface area contributed by atoms with E-state index in [4.69, 9.17) is 11.6 Å². The van der Waals surface area contributed by atoms with Gasteiger partial charge < -0.3 is 15.5 Å². The van der Waals surface area contributed by atoms with Crippen LogP contribution in [0.2, 0.25) is 0 Å². The maximum absolute atomic E-state index is 13.8. The van der Waals surface area contributed by atoms with Crippen molar-refractivity contribution >= 4 is 41.1 Å². The molecule has 2 aliphatic heterocycles. The second-order valence-corrected chi connectivity index (χ2v) is 11.5. The summed E-state index contributed by atoms with van der Waals surface area (Å²) >= 11 is 5.35. The smallest absolute Gasteiger partial charge is 0.356 e. The molecule has 1 saturated carbocycles. The van der Waals surface area contributed by atoms with Crippen molar-refractivity contribution in [2.24, 2.45) is 23.2 Å². The van der Waals surface area contributed by atoms with Crippen molar-refractivity contribution in [2.45, 2.75) is 50.6 Å². The number of hydrogen-bond donors (Lipinski definition) is 3. The van der Waals surface area contributed by atoms with Gasteiger partial charge in [-0.25, -0.2) is 9.40 Å². The van der Waals surface area contributed by atoms with E-state index in [1.807, 2.05) is 13.8 Å². The lowest BCUT2D eigenvalue weighted by Gasteiger charge is -2.35. The van der Waals surface area contributed by atoms with E-state index in [2.05, 4.69) is 10.7 Å². The summed E-state index contributed by atoms with van der Waals surface area (Å²) < 4.78 is 53.2. The second-order valence-electron chi connectivity index (χ2n) is 11.1. The highest BCUT2D eigenvalue weighted by atomic mass is 35.5. The molecule has 6 atom stereocenters. The molecule has 0 aromatic heterocycles. The minimum atomic E-state index is -5.25. The minimum absolute atomic E-state index is 0.0159. The Kier molecular flexibility index (Phi) is 8.53. The number of alkyl halides is 5. The topological polar surface area (TPSA) is 128 Å². The monoisotopic (exact) mass is 603 g/mol. The number of amides is 5. The lowest BCUT2D eigenvalue weighted by molar-refractivity contribution is -0.175. The number of rotatable bonds is 8. The van der Waals surface area contributed by atoms with Crippen molar-refractivity contribution in [3.63, 3.8) is 0 Å². The average Bonchev–Trinajstić information content (AvgIpc) is 3.25. The molecular formula is C26H30ClF4N5O5. The Balaban J connectivity index is 1.59. The molecule has 0 bridgehead atoms. The van der Waals surface area contributed by atoms with Crippen LogP contribution in [0.1, 0.15) is 25.8 Å². The number of carbonyl (C=O) groups excluding carboxylic acids is 5. The van der Waals surface area contributed by atoms with Crippen LogP contribution in [0.15, 0.2) is 30.3 Å². The number of hydrogen-bond acceptors (Lipinski definition) is 5. The van der Waals surface area contributed by atoms with Gasteiger partial charge >= 0.3 is 12.1 Å². The van der Waals surface area contributed by atoms with E-state index in [1.165, 1.54) is 0 Å². The molecule has 0 radical (unpaired) electrons. The Morgan fingerprint density at radius 1 is 1.20 bits per heavy atom. The Labute approximate surface area is 238 Å². The van der Waals surface area contributed by atoms with Crippen molar-refractivity contribution in [1.29, 1.82) is 0 Å². The molecule has 2 saturated heterocycles. The van der Waals surface area contributed by atoms with Crippen LogP contribution in [-0.4, -0.2) is 83.0 Å². The molecule has 3 N–H and O–H groups in total. The maximum Gasteiger partial charge on any atom is 0.471 e. The number of halogens is 5. The maximum atomic E-state index is 13.8. The fourth-order valence-electron chi connectivity index (χ4n) is 5.85. The highest BCUT2D eigenvalue weighted by molar-refractivity contribution is 6.29. The SMILES string of the molecule is CC1(C)[C@@H]2[C@@H](C(=O)NN(C[C@@H]3CCNC3=O)C(=O)C(F)Cl)N(C(=O)C(Cc3ccccc3)NC(=O)C(F)(F)F)C[C@@H]21. The Morgan fingerprint density at radius 3 is 2.41 bits per heavy atom. The van der Waals surface area contributed by atoms with Crippen LogP contribution >= 0.6 is 11.6 Å². The van der Waals surface area contributed by atoms with Crippen LogP contribution in [0.5, 0.6) is 0 Å². The van der Waals surface area contributed by atoms with Gasteiger partial charge in [-0.1, -0.05) is 55.8 Å². The summed E-state index contributed by atoms with van der Waals surface area (Å²) in [6.07, 6.45) is -5.20. The van der Waals surface area contributed by atoms with Gasteiger partial charge in [0.2, 0.25) is 11.8 Å². The molecule has 5 amide bonds. The summed E-state index contributed by atoms with van der Waals surface area (Å²) in [5, 5.41) is 4.93. The first kappa shape index (κ1) is 30.5. The zero-order valence-electron chi connectivity index (χ0n) is 22.2. The Morgan fingerprint density at radius 2 is 1.85 bits per heavy atom. The molecule has 1 aliphatic carbocycles. The van der Waals surface area contributed by atoms with E-state index in [-0.39, 0.29) is 25.4 Å². The van der Waals surface area contributed by atoms with Gasteiger partial charge in [-0.05, 0) is 29.2 Å². The van der Waals surface area contributed by atoms with Crippen LogP contribution in [0, 0.1) is 23.2 Å². The summed E-state index contributed by atoms with van der Waals surface area (Å²) in [5.41, 5.74) is -0.173. The zero-order chi connectivity index (χ0) is 30.3. The first-order valence-corrected chi connectivity index (χ1v) is 13.5. The van der Waals surface area contributed by atoms with E-state index < -0.39 is 70.7 Å². The average molecular weight is 604 g/mol. The number of nitrogens with zero attached hydrogens (tertiary/aromatic N) is 2. The predicted molar refractivity (Wildman–Crippen MR) is 136 cm³/mol. The van der Waals surface area contributed by atoms with Crippen LogP contribution < -0.4 is 16.1 Å². The third-order valence-corrected chi connectivity index (χ3v) is 8.35. The van der Waals surface area contributed by atoms with Gasteiger partial charge in [-0.3, -0.25) is 29.4 Å². The summed E-state index contributed by atoms with van der Waals surface area (Å²) in [5.74, 6) is -7.18. The third-order valence-electron chi connectivity index (χ3n) is 8.17. The van der Waals surface area contributed by atoms with Crippen LogP contribution in [0.25, 0.3) is 0 Å². The van der Waals surface area contributed by atoms with Gasteiger partial charge in [0.1, 0.15) is 12.1 Å². The van der Waals surface area contributed by atoms with E-state index in [0.717, 1.165) is 4.90 Å². The first-order valence-electron chi connectivity index (χ1n) is 13.0. The lowest BCUT2D eigenvalue weighted by atomic mass is 9.98. The number of hydrazine groups is 1. The molecule has 0 spiro atoms. The quantitative estimate of drug-likeness (QED) is 0.234. The molecule has 15 heteroatoms. The molecule has 1 aromatic rings. The predicted octanol–water partition coefficient (Wildman–Crippen LogP) is 1.29. The first-order chi connectivity index (χ1) is 19.1. The van der Waals surface area contributed by atoms with Crippen molar-refractivity contribution in [1.82, 2.24) is 26.0 Å². The number of benzene rings is 1.